The number of hydrogen-bond donors (Lipinski definition) is 2. The number of thiophene rings is 1. The lowest BCUT2D eigenvalue weighted by Crippen LogP contribution is -2.46. The zero-order chi connectivity index (χ0) is 17.5. The SMILES string of the molecule is CN=C(NCc1nncn1C)NCC(c1cccs1)N1CCOCC1. The summed E-state index contributed by atoms with van der Waals surface area (Å²) in [4.78, 5) is 8.14. The van der Waals surface area contributed by atoms with Crippen LogP contribution >= 0.6 is 11.3 Å². The molecule has 0 bridgehead atoms. The molecule has 25 heavy (non-hydrogen) atoms. The van der Waals surface area contributed by atoms with Crippen LogP contribution in [0.3, 0.4) is 0 Å². The predicted octanol–water partition coefficient (Wildman–Crippen LogP) is 0.615. The van der Waals surface area contributed by atoms with E-state index < -0.39 is 0 Å². The number of morpholine rings is 1. The number of guanidine groups is 1. The van der Waals surface area contributed by atoms with Gasteiger partial charge in [-0.3, -0.25) is 9.89 Å². The molecule has 0 aliphatic carbocycles. The summed E-state index contributed by atoms with van der Waals surface area (Å²) >= 11 is 1.79. The fourth-order valence-corrected chi connectivity index (χ4v) is 3.68. The second-order valence-corrected chi connectivity index (χ2v) is 6.82. The minimum absolute atomic E-state index is 0.317. The van der Waals surface area contributed by atoms with Crippen molar-refractivity contribution in [1.82, 2.24) is 30.3 Å². The standard InChI is InChI=1S/C16H25N7OS/c1-17-16(19-11-15-21-20-12-22(15)2)18-10-13(14-4-3-9-25-14)23-5-7-24-8-6-23/h3-4,9,12-13H,5-8,10-11H2,1-2H3,(H2,17,18,19). The molecule has 0 aromatic carbocycles. The highest BCUT2D eigenvalue weighted by molar-refractivity contribution is 7.10. The Hall–Kier alpha value is -1.97. The van der Waals surface area contributed by atoms with E-state index in [0.29, 0.717) is 12.6 Å². The molecule has 1 aliphatic rings. The highest BCUT2D eigenvalue weighted by atomic mass is 32.1. The molecule has 0 spiro atoms. The van der Waals surface area contributed by atoms with Crippen molar-refractivity contribution in [3.63, 3.8) is 0 Å². The molecule has 0 radical (unpaired) electrons. The van der Waals surface area contributed by atoms with Gasteiger partial charge in [0.25, 0.3) is 0 Å². The molecular weight excluding hydrogens is 338 g/mol. The van der Waals surface area contributed by atoms with Crippen LogP contribution in [0.25, 0.3) is 0 Å². The van der Waals surface area contributed by atoms with Crippen LogP contribution in [0.1, 0.15) is 16.7 Å². The van der Waals surface area contributed by atoms with E-state index in [9.17, 15) is 0 Å². The topological polar surface area (TPSA) is 79.6 Å². The van der Waals surface area contributed by atoms with Gasteiger partial charge in [0.15, 0.2) is 11.8 Å². The minimum atomic E-state index is 0.317. The number of aromatic nitrogens is 3. The molecule has 2 aromatic heterocycles. The lowest BCUT2D eigenvalue weighted by atomic mass is 10.2. The van der Waals surface area contributed by atoms with Gasteiger partial charge < -0.3 is 19.9 Å². The fourth-order valence-electron chi connectivity index (χ4n) is 2.82. The number of aliphatic imine (C=N–C) groups is 1. The first-order valence-electron chi connectivity index (χ1n) is 8.40. The summed E-state index contributed by atoms with van der Waals surface area (Å²) in [6.45, 7) is 4.86. The fraction of sp³-hybridized carbons (Fsp3) is 0.562. The summed E-state index contributed by atoms with van der Waals surface area (Å²) in [5.41, 5.74) is 0. The summed E-state index contributed by atoms with van der Waals surface area (Å²) < 4.78 is 7.39. The van der Waals surface area contributed by atoms with Crippen LogP contribution in [0.2, 0.25) is 0 Å². The van der Waals surface area contributed by atoms with Gasteiger partial charge >= 0.3 is 0 Å². The lowest BCUT2D eigenvalue weighted by molar-refractivity contribution is 0.0177. The summed E-state index contributed by atoms with van der Waals surface area (Å²) in [6.07, 6.45) is 1.69. The molecule has 2 N–H and O–H groups in total. The van der Waals surface area contributed by atoms with Gasteiger partial charge in [0.05, 0.1) is 25.8 Å². The van der Waals surface area contributed by atoms with Gasteiger partial charge in [-0.15, -0.1) is 21.5 Å². The number of rotatable bonds is 6. The van der Waals surface area contributed by atoms with Crippen molar-refractivity contribution in [3.8, 4) is 0 Å². The maximum absolute atomic E-state index is 5.50. The van der Waals surface area contributed by atoms with E-state index >= 15 is 0 Å². The zero-order valence-electron chi connectivity index (χ0n) is 14.7. The Bertz CT molecular complexity index is 664. The number of aryl methyl sites for hydroxylation is 1. The molecule has 3 rings (SSSR count). The normalized spacial score (nSPS) is 17.4. The van der Waals surface area contributed by atoms with Crippen LogP contribution in [0.15, 0.2) is 28.8 Å². The molecule has 1 unspecified atom stereocenters. The molecule has 1 fully saturated rings. The maximum Gasteiger partial charge on any atom is 0.191 e. The highest BCUT2D eigenvalue weighted by Gasteiger charge is 2.23. The van der Waals surface area contributed by atoms with Crippen molar-refractivity contribution in [2.45, 2.75) is 12.6 Å². The first kappa shape index (κ1) is 17.8. The summed E-state index contributed by atoms with van der Waals surface area (Å²) in [6, 6.07) is 4.62. The van der Waals surface area contributed by atoms with Crippen LogP contribution in [0.4, 0.5) is 0 Å². The Morgan fingerprint density at radius 2 is 2.24 bits per heavy atom. The van der Waals surface area contributed by atoms with Crippen molar-refractivity contribution in [1.29, 1.82) is 0 Å². The van der Waals surface area contributed by atoms with E-state index in [4.69, 9.17) is 4.74 Å². The number of ether oxygens (including phenoxy) is 1. The molecule has 136 valence electrons. The van der Waals surface area contributed by atoms with Crippen molar-refractivity contribution >= 4 is 17.3 Å². The molecule has 0 amide bonds. The van der Waals surface area contributed by atoms with E-state index in [1.54, 1.807) is 24.7 Å². The minimum Gasteiger partial charge on any atom is -0.379 e. The molecule has 9 heteroatoms. The van der Waals surface area contributed by atoms with Crippen LogP contribution < -0.4 is 10.6 Å². The van der Waals surface area contributed by atoms with E-state index in [0.717, 1.165) is 44.6 Å². The third kappa shape index (κ3) is 4.77. The molecule has 1 atom stereocenters. The Kier molecular flexibility index (Phi) is 6.37. The zero-order valence-corrected chi connectivity index (χ0v) is 15.5. The average molecular weight is 363 g/mol. The van der Waals surface area contributed by atoms with Gasteiger partial charge in [-0.2, -0.15) is 0 Å². The second-order valence-electron chi connectivity index (χ2n) is 5.84. The van der Waals surface area contributed by atoms with Gasteiger partial charge in [-0.05, 0) is 11.4 Å². The maximum atomic E-state index is 5.50. The van der Waals surface area contributed by atoms with Crippen LogP contribution in [0, 0.1) is 0 Å². The summed E-state index contributed by atoms with van der Waals surface area (Å²) in [5, 5.41) is 16.8. The summed E-state index contributed by atoms with van der Waals surface area (Å²) in [7, 11) is 3.71. The predicted molar refractivity (Wildman–Crippen MR) is 98.7 cm³/mol. The average Bonchev–Trinajstić information content (AvgIpc) is 3.31. The quantitative estimate of drug-likeness (QED) is 0.578. The molecule has 1 saturated heterocycles. The number of hydrogen-bond acceptors (Lipinski definition) is 6. The van der Waals surface area contributed by atoms with Gasteiger partial charge in [-0.25, -0.2) is 0 Å². The first-order chi connectivity index (χ1) is 12.3. The van der Waals surface area contributed by atoms with Gasteiger partial charge in [0, 0.05) is 38.6 Å². The van der Waals surface area contributed by atoms with Crippen molar-refractivity contribution in [2.24, 2.45) is 12.0 Å². The van der Waals surface area contributed by atoms with Crippen molar-refractivity contribution in [2.75, 3.05) is 39.9 Å². The van der Waals surface area contributed by atoms with Gasteiger partial charge in [-0.1, -0.05) is 6.07 Å². The molecule has 0 saturated carbocycles. The Balaban J connectivity index is 1.58. The Morgan fingerprint density at radius 1 is 1.40 bits per heavy atom. The third-order valence-electron chi connectivity index (χ3n) is 4.26. The Morgan fingerprint density at radius 3 is 2.88 bits per heavy atom. The smallest absolute Gasteiger partial charge is 0.191 e. The third-order valence-corrected chi connectivity index (χ3v) is 5.24. The highest BCUT2D eigenvalue weighted by Crippen LogP contribution is 2.25. The first-order valence-corrected chi connectivity index (χ1v) is 9.28. The van der Waals surface area contributed by atoms with E-state index in [1.807, 2.05) is 11.6 Å². The number of nitrogens with one attached hydrogen (secondary N) is 2. The second kappa shape index (κ2) is 8.93. The lowest BCUT2D eigenvalue weighted by Gasteiger charge is -2.34. The van der Waals surface area contributed by atoms with Crippen LogP contribution in [-0.4, -0.2) is 65.5 Å². The van der Waals surface area contributed by atoms with Crippen LogP contribution in [0.5, 0.6) is 0 Å². The Labute approximate surface area is 151 Å². The molecule has 3 heterocycles. The van der Waals surface area contributed by atoms with Gasteiger partial charge in [0.1, 0.15) is 6.33 Å². The molecular formula is C16H25N7OS. The van der Waals surface area contributed by atoms with Crippen molar-refractivity contribution < 1.29 is 4.74 Å². The molecule has 8 nitrogen and oxygen atoms in total. The van der Waals surface area contributed by atoms with E-state index in [-0.39, 0.29) is 0 Å². The monoisotopic (exact) mass is 363 g/mol. The molecule has 1 aliphatic heterocycles. The van der Waals surface area contributed by atoms with Gasteiger partial charge in [0.2, 0.25) is 0 Å². The largest absolute Gasteiger partial charge is 0.379 e. The summed E-state index contributed by atoms with van der Waals surface area (Å²) in [5.74, 6) is 1.63. The molecule has 2 aromatic rings. The number of nitrogens with zero attached hydrogens (tertiary/aromatic N) is 5. The van der Waals surface area contributed by atoms with Crippen molar-refractivity contribution in [3.05, 3.63) is 34.5 Å². The van der Waals surface area contributed by atoms with Crippen LogP contribution in [-0.2, 0) is 18.3 Å². The van der Waals surface area contributed by atoms with E-state index in [2.05, 4.69) is 48.2 Å². The van der Waals surface area contributed by atoms with E-state index in [1.165, 1.54) is 4.88 Å².